The van der Waals surface area contributed by atoms with Gasteiger partial charge in [0.15, 0.2) is 23.3 Å². The predicted molar refractivity (Wildman–Crippen MR) is 71.1 cm³/mol. The minimum atomic E-state index is -2.40. The van der Waals surface area contributed by atoms with Crippen LogP contribution < -0.4 is 0 Å². The second-order valence-corrected chi connectivity index (χ2v) is 5.49. The molecule has 28 heavy (non-hydrogen) atoms. The first-order valence-electron chi connectivity index (χ1n) is 7.02. The molecule has 2 aliphatic heterocycles. The van der Waals surface area contributed by atoms with Crippen molar-refractivity contribution < 1.29 is 55.0 Å². The summed E-state index contributed by atoms with van der Waals surface area (Å²) in [7, 11) is 0. The van der Waals surface area contributed by atoms with Gasteiger partial charge in [-0.3, -0.25) is 0 Å². The summed E-state index contributed by atoms with van der Waals surface area (Å²) < 4.78 is 95.2. The molecule has 0 N–H and O–H groups in total. The number of hydrogen-bond acceptors (Lipinski definition) is 6. The first-order chi connectivity index (χ1) is 13.1. The van der Waals surface area contributed by atoms with E-state index in [4.69, 9.17) is 0 Å². The topological polar surface area (TPSA) is 86.7 Å². The van der Waals surface area contributed by atoms with Crippen LogP contribution in [0.15, 0.2) is 0 Å². The third kappa shape index (κ3) is 1.94. The highest BCUT2D eigenvalue weighted by atomic mass is 19.2. The molecule has 6 nitrogen and oxygen atoms in total. The monoisotopic (exact) mass is 402 g/mol. The molecule has 2 aromatic rings. The molecule has 2 aromatic carbocycles. The highest BCUT2D eigenvalue weighted by molar-refractivity contribution is 6.17. The lowest BCUT2D eigenvalue weighted by Crippen LogP contribution is -2.27. The lowest BCUT2D eigenvalue weighted by molar-refractivity contribution is 0.0322. The van der Waals surface area contributed by atoms with Crippen molar-refractivity contribution in [1.82, 2.24) is 0 Å². The lowest BCUT2D eigenvalue weighted by Gasteiger charge is -2.13. The molecule has 0 spiro atoms. The van der Waals surface area contributed by atoms with Gasteiger partial charge in [0, 0.05) is 0 Å². The van der Waals surface area contributed by atoms with Gasteiger partial charge in [-0.2, -0.15) is 0 Å². The molecule has 0 saturated carbocycles. The van der Waals surface area contributed by atoms with Crippen LogP contribution in [-0.2, 0) is 9.47 Å². The minimum Gasteiger partial charge on any atom is -0.385 e. The van der Waals surface area contributed by atoms with Crippen molar-refractivity contribution in [3.8, 4) is 11.1 Å². The summed E-state index contributed by atoms with van der Waals surface area (Å²) in [5.41, 5.74) is -11.0. The Morgan fingerprint density at radius 1 is 0.357 bits per heavy atom. The average molecular weight is 402 g/mol. The van der Waals surface area contributed by atoms with E-state index in [1.807, 2.05) is 0 Å². The maximum absolute atomic E-state index is 14.8. The Kier molecular flexibility index (Phi) is 3.42. The molecule has 0 unspecified atom stereocenters. The molecule has 0 aromatic heterocycles. The molecule has 4 rings (SSSR count). The van der Waals surface area contributed by atoms with Gasteiger partial charge in [0.2, 0.25) is 0 Å². The van der Waals surface area contributed by atoms with Gasteiger partial charge in [-0.15, -0.1) is 0 Å². The van der Waals surface area contributed by atoms with E-state index in [1.165, 1.54) is 0 Å². The first-order valence-corrected chi connectivity index (χ1v) is 7.02. The van der Waals surface area contributed by atoms with Gasteiger partial charge >= 0.3 is 23.9 Å². The standard InChI is InChI=1S/C16F6O6/c17-7-1-2-8(18)4-6(12(22)10(2)20)16(26)28-15(25)5(11(21)9(1)19)3(7)13(23)27-14(4)24. The highest BCUT2D eigenvalue weighted by Gasteiger charge is 2.45. The molecule has 0 radical (unpaired) electrons. The number of cyclic esters (lactones) is 2. The lowest BCUT2D eigenvalue weighted by atomic mass is 9.93. The summed E-state index contributed by atoms with van der Waals surface area (Å²) in [6.07, 6.45) is 0. The van der Waals surface area contributed by atoms with Crippen LogP contribution >= 0.6 is 0 Å². The Labute approximate surface area is 148 Å². The average Bonchev–Trinajstić information content (AvgIpc) is 2.62. The Bertz CT molecular complexity index is 1110. The molecular weight excluding hydrogens is 402 g/mol. The van der Waals surface area contributed by atoms with Gasteiger partial charge in [0.25, 0.3) is 0 Å². The summed E-state index contributed by atoms with van der Waals surface area (Å²) in [4.78, 5) is 48.1. The Morgan fingerprint density at radius 2 is 0.571 bits per heavy atom. The molecule has 4 bridgehead atoms. The van der Waals surface area contributed by atoms with Crippen LogP contribution in [0.1, 0.15) is 41.4 Å². The van der Waals surface area contributed by atoms with Crippen LogP contribution in [0.4, 0.5) is 26.3 Å². The molecule has 12 heteroatoms. The van der Waals surface area contributed by atoms with Crippen molar-refractivity contribution in [2.24, 2.45) is 0 Å². The number of esters is 4. The third-order valence-electron chi connectivity index (χ3n) is 4.08. The van der Waals surface area contributed by atoms with E-state index < -0.39 is 92.2 Å². The summed E-state index contributed by atoms with van der Waals surface area (Å²) in [5, 5.41) is 0. The smallest absolute Gasteiger partial charge is 0.350 e. The molecule has 0 atom stereocenters. The van der Waals surface area contributed by atoms with Gasteiger partial charge in [-0.1, -0.05) is 0 Å². The fraction of sp³-hybridized carbons (Fsp3) is 0. The van der Waals surface area contributed by atoms with Crippen LogP contribution in [0, 0.1) is 34.9 Å². The fourth-order valence-electron chi connectivity index (χ4n) is 2.90. The van der Waals surface area contributed by atoms with E-state index in [1.54, 1.807) is 0 Å². The zero-order valence-corrected chi connectivity index (χ0v) is 12.7. The number of fused-ring (bicyclic) bond motifs is 5. The van der Waals surface area contributed by atoms with E-state index in [9.17, 15) is 45.5 Å². The zero-order valence-electron chi connectivity index (χ0n) is 12.7. The summed E-state index contributed by atoms with van der Waals surface area (Å²) in [5.74, 6) is -22.6. The number of carbonyl (C=O) groups is 4. The van der Waals surface area contributed by atoms with Gasteiger partial charge in [0.05, 0.1) is 11.1 Å². The van der Waals surface area contributed by atoms with Gasteiger partial charge in [-0.25, -0.2) is 45.5 Å². The normalized spacial score (nSPS) is 14.9. The van der Waals surface area contributed by atoms with E-state index in [-0.39, 0.29) is 0 Å². The van der Waals surface area contributed by atoms with E-state index in [0.29, 0.717) is 0 Å². The number of hydrogen-bond donors (Lipinski definition) is 0. The largest absolute Gasteiger partial charge is 0.385 e. The Morgan fingerprint density at radius 3 is 0.857 bits per heavy atom. The summed E-state index contributed by atoms with van der Waals surface area (Å²) >= 11 is 0. The molecule has 2 heterocycles. The maximum atomic E-state index is 14.8. The molecule has 0 amide bonds. The zero-order chi connectivity index (χ0) is 20.7. The van der Waals surface area contributed by atoms with Gasteiger partial charge in [-0.05, 0) is 0 Å². The number of halogens is 6. The molecule has 0 saturated heterocycles. The molecule has 2 aliphatic rings. The Balaban J connectivity index is 2.43. The van der Waals surface area contributed by atoms with Crippen LogP contribution in [0.2, 0.25) is 0 Å². The van der Waals surface area contributed by atoms with Crippen LogP contribution in [0.25, 0.3) is 11.1 Å². The molecule has 0 aliphatic carbocycles. The van der Waals surface area contributed by atoms with Crippen LogP contribution in [0.3, 0.4) is 0 Å². The molecule has 0 fully saturated rings. The SMILES string of the molecule is O=C1OC(=O)c2c(F)c(F)c3c(F)c2C(=O)OC(=O)c2c(F)c-3c(F)c(F)c21. The van der Waals surface area contributed by atoms with E-state index >= 15 is 0 Å². The first kappa shape index (κ1) is 17.7. The van der Waals surface area contributed by atoms with E-state index in [0.717, 1.165) is 0 Å². The van der Waals surface area contributed by atoms with Crippen molar-refractivity contribution in [2.75, 3.05) is 0 Å². The van der Waals surface area contributed by atoms with Crippen molar-refractivity contribution in [2.45, 2.75) is 0 Å². The fourth-order valence-corrected chi connectivity index (χ4v) is 2.90. The number of rotatable bonds is 0. The Hall–Kier alpha value is -3.70. The molecule has 142 valence electrons. The minimum absolute atomic E-state index is 1.77. The quantitative estimate of drug-likeness (QED) is 0.292. The summed E-state index contributed by atoms with van der Waals surface area (Å²) in [6.45, 7) is 0. The van der Waals surface area contributed by atoms with E-state index in [2.05, 4.69) is 9.47 Å². The third-order valence-corrected chi connectivity index (χ3v) is 4.08. The van der Waals surface area contributed by atoms with Crippen molar-refractivity contribution >= 4 is 23.9 Å². The van der Waals surface area contributed by atoms with Crippen LogP contribution in [0.5, 0.6) is 0 Å². The van der Waals surface area contributed by atoms with Crippen LogP contribution in [-0.4, -0.2) is 23.9 Å². The van der Waals surface area contributed by atoms with Gasteiger partial charge in [0.1, 0.15) is 33.9 Å². The number of carbonyl (C=O) groups excluding carboxylic acids is 4. The second kappa shape index (κ2) is 5.41. The van der Waals surface area contributed by atoms with Crippen molar-refractivity contribution in [1.29, 1.82) is 0 Å². The van der Waals surface area contributed by atoms with Crippen molar-refractivity contribution in [3.05, 3.63) is 57.2 Å². The summed E-state index contributed by atoms with van der Waals surface area (Å²) in [6, 6.07) is 0. The predicted octanol–water partition coefficient (Wildman–Crippen LogP) is 2.81. The second-order valence-electron chi connectivity index (χ2n) is 5.49. The number of benzene rings is 2. The maximum Gasteiger partial charge on any atom is 0.350 e. The molecular formula is C16F6O6. The number of ether oxygens (including phenoxy) is 2. The highest BCUT2D eigenvalue weighted by Crippen LogP contribution is 2.41. The van der Waals surface area contributed by atoms with Crippen molar-refractivity contribution in [3.63, 3.8) is 0 Å². The van der Waals surface area contributed by atoms with Gasteiger partial charge < -0.3 is 9.47 Å².